The Morgan fingerprint density at radius 2 is 1.00 bits per heavy atom. The molecule has 0 aromatic carbocycles. The van der Waals surface area contributed by atoms with Crippen molar-refractivity contribution in [1.29, 1.82) is 0 Å². The number of hydrogen-bond donors (Lipinski definition) is 0. The smallest absolute Gasteiger partial charge is 0.380 e. The Balaban J connectivity index is 0. The maximum atomic E-state index is 11.2. The maximum Gasteiger partial charge on any atom is 0.491 e. The zero-order chi connectivity index (χ0) is 10.9. The first-order chi connectivity index (χ1) is 5.55. The van der Waals surface area contributed by atoms with E-state index in [1.807, 2.05) is 0 Å². The molecule has 0 spiro atoms. The Morgan fingerprint density at radius 3 is 1.14 bits per heavy atom. The molecule has 0 heterocycles. The molecule has 0 atom stereocenters. The number of ether oxygens (including phenoxy) is 1. The average Bonchev–Trinajstić information content (AvgIpc) is 1.82. The van der Waals surface area contributed by atoms with E-state index >= 15 is 0 Å². The molecular weight excluding hydrogens is 245 g/mol. The van der Waals surface area contributed by atoms with E-state index in [0.29, 0.717) is 0 Å². The van der Waals surface area contributed by atoms with E-state index < -0.39 is 24.3 Å². The molecule has 0 aliphatic heterocycles. The van der Waals surface area contributed by atoms with Crippen LogP contribution in [0.3, 0.4) is 0 Å². The molecule has 0 N–H and O–H groups in total. The predicted molar refractivity (Wildman–Crippen MR) is 30.5 cm³/mol. The molecule has 10 heteroatoms. The van der Waals surface area contributed by atoms with E-state index in [4.69, 9.17) is 0 Å². The van der Waals surface area contributed by atoms with Crippen LogP contribution in [0.4, 0.5) is 26.3 Å². The second-order valence-corrected chi connectivity index (χ2v) is 1.67. The third kappa shape index (κ3) is 4.90. The van der Waals surface area contributed by atoms with Gasteiger partial charge in [0.25, 0.3) is 0 Å². The lowest BCUT2D eigenvalue weighted by molar-refractivity contribution is -0.221. The second-order valence-electron chi connectivity index (χ2n) is 1.67. The zero-order valence-electron chi connectivity index (χ0n) is 5.90. The lowest BCUT2D eigenvalue weighted by atomic mass is 10.6. The first kappa shape index (κ1) is 15.5. The Kier molecular flexibility index (Phi) is 4.96. The number of rotatable bonds is 0. The van der Waals surface area contributed by atoms with E-state index in [1.54, 1.807) is 0 Å². The minimum Gasteiger partial charge on any atom is -0.380 e. The number of hydrogen-bond acceptors (Lipinski definition) is 3. The van der Waals surface area contributed by atoms with Crippen LogP contribution in [0.2, 0.25) is 0 Å². The quantitative estimate of drug-likeness (QED) is 0.370. The molecule has 0 aliphatic carbocycles. The fraction of sp³-hybridized carbons (Fsp3) is 0.500. The summed E-state index contributed by atoms with van der Waals surface area (Å²) >= 11 is 0. The summed E-state index contributed by atoms with van der Waals surface area (Å²) in [6.07, 6.45) is -11.2. The van der Waals surface area contributed by atoms with Gasteiger partial charge < -0.3 is 4.74 Å². The standard InChI is InChI=1S/C4F6O3.ClH/c5-3(6,7)1(11)13-2(12)4(8,9)10;/h;1H. The molecule has 0 aromatic heterocycles. The molecule has 0 bridgehead atoms. The average molecular weight is 246 g/mol. The predicted octanol–water partition coefficient (Wildman–Crippen LogP) is 1.60. The maximum absolute atomic E-state index is 11.2. The first-order valence-corrected chi connectivity index (χ1v) is 2.45. The van der Waals surface area contributed by atoms with Gasteiger partial charge in [0, 0.05) is 0 Å². The highest BCUT2D eigenvalue weighted by Gasteiger charge is 2.49. The van der Waals surface area contributed by atoms with Gasteiger partial charge in [0.05, 0.1) is 0 Å². The Bertz CT molecular complexity index is 206. The van der Waals surface area contributed by atoms with E-state index in [9.17, 15) is 35.9 Å². The SMILES string of the molecule is Cl.O=C(OC(=O)C(F)(F)F)C(F)(F)F. The highest BCUT2D eigenvalue weighted by Crippen LogP contribution is 2.21. The van der Waals surface area contributed by atoms with Crippen LogP contribution in [-0.4, -0.2) is 24.3 Å². The van der Waals surface area contributed by atoms with Crippen molar-refractivity contribution in [3.63, 3.8) is 0 Å². The van der Waals surface area contributed by atoms with Gasteiger partial charge in [-0.05, 0) is 0 Å². The van der Waals surface area contributed by atoms with Crippen LogP contribution < -0.4 is 0 Å². The van der Waals surface area contributed by atoms with Gasteiger partial charge in [0.2, 0.25) is 0 Å². The van der Waals surface area contributed by atoms with Crippen LogP contribution in [0.5, 0.6) is 0 Å². The molecular formula is C4HClF6O3. The molecule has 0 radical (unpaired) electrons. The minimum atomic E-state index is -5.62. The fourth-order valence-electron chi connectivity index (χ4n) is 0.200. The lowest BCUT2D eigenvalue weighted by Gasteiger charge is -2.06. The molecule has 84 valence electrons. The number of halogens is 7. The van der Waals surface area contributed by atoms with E-state index in [0.717, 1.165) is 0 Å². The summed E-state index contributed by atoms with van der Waals surface area (Å²) in [5.41, 5.74) is 0. The number of esters is 2. The molecule has 0 aromatic rings. The van der Waals surface area contributed by atoms with Gasteiger partial charge in [-0.25, -0.2) is 9.59 Å². The second kappa shape index (κ2) is 4.49. The van der Waals surface area contributed by atoms with Crippen molar-refractivity contribution >= 4 is 24.3 Å². The van der Waals surface area contributed by atoms with Crippen molar-refractivity contribution < 1.29 is 40.7 Å². The van der Waals surface area contributed by atoms with Crippen molar-refractivity contribution in [3.8, 4) is 0 Å². The molecule has 0 fully saturated rings. The van der Waals surface area contributed by atoms with Gasteiger partial charge in [-0.15, -0.1) is 12.4 Å². The summed E-state index contributed by atoms with van der Waals surface area (Å²) in [6, 6.07) is 0. The molecule has 0 amide bonds. The summed E-state index contributed by atoms with van der Waals surface area (Å²) in [4.78, 5) is 19.3. The van der Waals surface area contributed by atoms with Crippen LogP contribution in [0.1, 0.15) is 0 Å². The highest BCUT2D eigenvalue weighted by molar-refractivity contribution is 5.90. The van der Waals surface area contributed by atoms with E-state index in [1.165, 1.54) is 0 Å². The van der Waals surface area contributed by atoms with Gasteiger partial charge in [0.1, 0.15) is 0 Å². The molecule has 0 aliphatic rings. The van der Waals surface area contributed by atoms with E-state index in [2.05, 4.69) is 4.74 Å². The molecule has 14 heavy (non-hydrogen) atoms. The third-order valence-corrected chi connectivity index (χ3v) is 0.648. The van der Waals surface area contributed by atoms with Crippen molar-refractivity contribution in [2.24, 2.45) is 0 Å². The summed E-state index contributed by atoms with van der Waals surface area (Å²) in [6.45, 7) is 0. The van der Waals surface area contributed by atoms with Crippen molar-refractivity contribution in [2.45, 2.75) is 12.4 Å². The van der Waals surface area contributed by atoms with Crippen LogP contribution in [-0.2, 0) is 14.3 Å². The Labute approximate surface area is 78.4 Å². The number of carbonyl (C=O) groups is 2. The number of alkyl halides is 6. The van der Waals surface area contributed by atoms with Crippen LogP contribution in [0.25, 0.3) is 0 Å². The normalized spacial score (nSPS) is 11.6. The summed E-state index contributed by atoms with van der Waals surface area (Å²) in [5.74, 6) is -6.40. The minimum absolute atomic E-state index is 0. The van der Waals surface area contributed by atoms with Crippen molar-refractivity contribution in [1.82, 2.24) is 0 Å². The van der Waals surface area contributed by atoms with Crippen molar-refractivity contribution in [3.05, 3.63) is 0 Å². The van der Waals surface area contributed by atoms with Gasteiger partial charge in [-0.2, -0.15) is 26.3 Å². The fourth-order valence-corrected chi connectivity index (χ4v) is 0.200. The summed E-state index contributed by atoms with van der Waals surface area (Å²) in [7, 11) is 0. The zero-order valence-corrected chi connectivity index (χ0v) is 6.72. The first-order valence-electron chi connectivity index (χ1n) is 2.45. The van der Waals surface area contributed by atoms with Crippen LogP contribution >= 0.6 is 12.4 Å². The molecule has 3 nitrogen and oxygen atoms in total. The Hall–Kier alpha value is -0.990. The third-order valence-electron chi connectivity index (χ3n) is 0.648. The molecule has 0 rings (SSSR count). The van der Waals surface area contributed by atoms with Crippen LogP contribution in [0, 0.1) is 0 Å². The highest BCUT2D eigenvalue weighted by atomic mass is 35.5. The lowest BCUT2D eigenvalue weighted by Crippen LogP contribution is -2.34. The molecule has 0 unspecified atom stereocenters. The van der Waals surface area contributed by atoms with Crippen LogP contribution in [0.15, 0.2) is 0 Å². The number of carbonyl (C=O) groups excluding carboxylic acids is 2. The van der Waals surface area contributed by atoms with Gasteiger partial charge in [-0.3, -0.25) is 0 Å². The molecule has 0 saturated carbocycles. The topological polar surface area (TPSA) is 43.4 Å². The summed E-state index contributed by atoms with van der Waals surface area (Å²) in [5, 5.41) is 0. The van der Waals surface area contributed by atoms with Gasteiger partial charge in [0.15, 0.2) is 0 Å². The van der Waals surface area contributed by atoms with Gasteiger partial charge in [-0.1, -0.05) is 0 Å². The Morgan fingerprint density at radius 1 is 0.786 bits per heavy atom. The van der Waals surface area contributed by atoms with Gasteiger partial charge >= 0.3 is 24.3 Å². The summed E-state index contributed by atoms with van der Waals surface area (Å²) < 4.78 is 69.7. The van der Waals surface area contributed by atoms with E-state index in [-0.39, 0.29) is 12.4 Å². The van der Waals surface area contributed by atoms with Crippen molar-refractivity contribution in [2.75, 3.05) is 0 Å². The molecule has 0 saturated heterocycles. The monoisotopic (exact) mass is 246 g/mol. The largest absolute Gasteiger partial charge is 0.491 e.